The van der Waals surface area contributed by atoms with E-state index in [0.717, 1.165) is 6.26 Å². The van der Waals surface area contributed by atoms with Crippen LogP contribution >= 0.6 is 15.9 Å². The second kappa shape index (κ2) is 4.52. The number of carboxylic acids is 1. The Morgan fingerprint density at radius 2 is 2.06 bits per heavy atom. The lowest BCUT2D eigenvalue weighted by molar-refractivity contribution is -0.138. The summed E-state index contributed by atoms with van der Waals surface area (Å²) in [6.45, 7) is 0. The number of benzene rings is 1. The summed E-state index contributed by atoms with van der Waals surface area (Å²) in [4.78, 5) is 10.7. The molecule has 0 saturated carbocycles. The van der Waals surface area contributed by atoms with E-state index in [9.17, 15) is 13.2 Å². The molecule has 0 fully saturated rings. The molecule has 0 bridgehead atoms. The van der Waals surface area contributed by atoms with Crippen molar-refractivity contribution in [2.75, 3.05) is 6.26 Å². The largest absolute Gasteiger partial charge is 0.480 e. The Balaban J connectivity index is 3.47. The first-order chi connectivity index (χ1) is 7.23. The Bertz CT molecular complexity index is 526. The van der Waals surface area contributed by atoms with E-state index < -0.39 is 21.8 Å². The highest BCUT2D eigenvalue weighted by Gasteiger charge is 2.22. The molecule has 1 aromatic rings. The van der Waals surface area contributed by atoms with Gasteiger partial charge >= 0.3 is 5.97 Å². The molecule has 16 heavy (non-hydrogen) atoms. The van der Waals surface area contributed by atoms with E-state index in [1.54, 1.807) is 0 Å². The average Bonchev–Trinajstić information content (AvgIpc) is 2.14. The van der Waals surface area contributed by atoms with Crippen LogP contribution in [0.1, 0.15) is 11.6 Å². The van der Waals surface area contributed by atoms with Crippen molar-refractivity contribution < 1.29 is 18.3 Å². The fraction of sp³-hybridized carbons (Fsp3) is 0.222. The minimum absolute atomic E-state index is 0.0643. The number of nitrogens with two attached hydrogens (primary N) is 1. The van der Waals surface area contributed by atoms with E-state index in [1.807, 2.05) is 0 Å². The average molecular weight is 308 g/mol. The monoisotopic (exact) mass is 307 g/mol. The summed E-state index contributed by atoms with van der Waals surface area (Å²) in [5.41, 5.74) is 5.49. The summed E-state index contributed by atoms with van der Waals surface area (Å²) < 4.78 is 23.4. The van der Waals surface area contributed by atoms with Gasteiger partial charge in [-0.3, -0.25) is 4.79 Å². The van der Waals surface area contributed by atoms with Crippen LogP contribution in [0.15, 0.2) is 27.6 Å². The van der Waals surface area contributed by atoms with Crippen LogP contribution in [0.4, 0.5) is 0 Å². The van der Waals surface area contributed by atoms with E-state index in [-0.39, 0.29) is 10.5 Å². The van der Waals surface area contributed by atoms with Gasteiger partial charge in [-0.1, -0.05) is 15.9 Å². The number of aliphatic carboxylic acids is 1. The first-order valence-corrected chi connectivity index (χ1v) is 6.90. The minimum Gasteiger partial charge on any atom is -0.480 e. The third-order valence-electron chi connectivity index (χ3n) is 1.97. The minimum atomic E-state index is -3.49. The standard InChI is InChI=1S/C9H10BrNO4S/c1-16(14,15)7-3-2-5(10)4-6(7)8(11)9(12)13/h2-4,8H,11H2,1H3,(H,12,13). The van der Waals surface area contributed by atoms with Crippen molar-refractivity contribution >= 4 is 31.7 Å². The molecule has 1 unspecified atom stereocenters. The summed E-state index contributed by atoms with van der Waals surface area (Å²) in [6.07, 6.45) is 1.01. The van der Waals surface area contributed by atoms with E-state index in [1.165, 1.54) is 18.2 Å². The molecular formula is C9H10BrNO4S. The summed E-state index contributed by atoms with van der Waals surface area (Å²) >= 11 is 3.14. The fourth-order valence-corrected chi connectivity index (χ4v) is 2.54. The van der Waals surface area contributed by atoms with Crippen molar-refractivity contribution in [1.29, 1.82) is 0 Å². The van der Waals surface area contributed by atoms with Crippen LogP contribution in [0, 0.1) is 0 Å². The predicted molar refractivity (Wildman–Crippen MR) is 61.8 cm³/mol. The van der Waals surface area contributed by atoms with Gasteiger partial charge in [0.25, 0.3) is 0 Å². The first kappa shape index (κ1) is 13.1. The van der Waals surface area contributed by atoms with Gasteiger partial charge in [-0.25, -0.2) is 8.42 Å². The predicted octanol–water partition coefficient (Wildman–Crippen LogP) is 0.937. The summed E-state index contributed by atoms with van der Waals surface area (Å²) in [5, 5.41) is 8.78. The molecule has 3 N–H and O–H groups in total. The molecule has 0 aliphatic carbocycles. The molecule has 0 aromatic heterocycles. The van der Waals surface area contributed by atoms with Gasteiger partial charge in [0.1, 0.15) is 6.04 Å². The Morgan fingerprint density at radius 3 is 2.50 bits per heavy atom. The van der Waals surface area contributed by atoms with Gasteiger partial charge in [-0.2, -0.15) is 0 Å². The zero-order valence-electron chi connectivity index (χ0n) is 8.34. The molecule has 0 heterocycles. The fourth-order valence-electron chi connectivity index (χ4n) is 1.23. The van der Waals surface area contributed by atoms with Crippen LogP contribution in [0.25, 0.3) is 0 Å². The molecular weight excluding hydrogens is 298 g/mol. The third-order valence-corrected chi connectivity index (χ3v) is 3.64. The van der Waals surface area contributed by atoms with Crippen LogP contribution in [0.3, 0.4) is 0 Å². The summed E-state index contributed by atoms with van der Waals surface area (Å²) in [5.74, 6) is -1.27. The Kier molecular flexibility index (Phi) is 3.72. The van der Waals surface area contributed by atoms with E-state index >= 15 is 0 Å². The van der Waals surface area contributed by atoms with Gasteiger partial charge in [0.05, 0.1) is 4.90 Å². The van der Waals surface area contributed by atoms with E-state index in [4.69, 9.17) is 10.8 Å². The molecule has 7 heteroatoms. The molecule has 0 radical (unpaired) electrons. The zero-order chi connectivity index (χ0) is 12.5. The van der Waals surface area contributed by atoms with E-state index in [2.05, 4.69) is 15.9 Å². The maximum Gasteiger partial charge on any atom is 0.325 e. The third kappa shape index (κ3) is 2.81. The lowest BCUT2D eigenvalue weighted by atomic mass is 10.1. The van der Waals surface area contributed by atoms with Gasteiger partial charge in [0, 0.05) is 10.7 Å². The van der Waals surface area contributed by atoms with Gasteiger partial charge in [-0.05, 0) is 23.8 Å². The smallest absolute Gasteiger partial charge is 0.325 e. The maximum atomic E-state index is 11.4. The number of carbonyl (C=O) groups is 1. The highest BCUT2D eigenvalue weighted by molar-refractivity contribution is 9.10. The molecule has 0 aliphatic heterocycles. The van der Waals surface area contributed by atoms with Gasteiger partial charge in [-0.15, -0.1) is 0 Å². The molecule has 0 aliphatic rings. The Morgan fingerprint density at radius 1 is 1.50 bits per heavy atom. The normalized spacial score (nSPS) is 13.4. The summed E-state index contributed by atoms with van der Waals surface area (Å²) in [6, 6.07) is 2.89. The number of hydrogen-bond donors (Lipinski definition) is 2. The highest BCUT2D eigenvalue weighted by atomic mass is 79.9. The van der Waals surface area contributed by atoms with E-state index in [0.29, 0.717) is 4.47 Å². The first-order valence-electron chi connectivity index (χ1n) is 4.21. The second-order valence-electron chi connectivity index (χ2n) is 3.27. The van der Waals surface area contributed by atoms with Crippen LogP contribution in [-0.4, -0.2) is 25.7 Å². The Hall–Kier alpha value is -0.920. The lowest BCUT2D eigenvalue weighted by Crippen LogP contribution is -2.23. The molecule has 0 amide bonds. The molecule has 1 rings (SSSR count). The molecule has 88 valence electrons. The molecule has 5 nitrogen and oxygen atoms in total. The molecule has 0 spiro atoms. The topological polar surface area (TPSA) is 97.5 Å². The highest BCUT2D eigenvalue weighted by Crippen LogP contribution is 2.25. The van der Waals surface area contributed by atoms with Crippen molar-refractivity contribution in [2.45, 2.75) is 10.9 Å². The van der Waals surface area contributed by atoms with Crippen molar-refractivity contribution in [2.24, 2.45) is 5.73 Å². The Labute approximate surface area is 101 Å². The summed E-state index contributed by atoms with van der Waals surface area (Å²) in [7, 11) is -3.49. The van der Waals surface area contributed by atoms with Gasteiger partial charge in [0.15, 0.2) is 9.84 Å². The number of hydrogen-bond acceptors (Lipinski definition) is 4. The quantitative estimate of drug-likeness (QED) is 0.866. The van der Waals surface area contributed by atoms with Crippen molar-refractivity contribution in [3.63, 3.8) is 0 Å². The number of carboxylic acid groups (broad SMARTS) is 1. The van der Waals surface area contributed by atoms with Crippen molar-refractivity contribution in [1.82, 2.24) is 0 Å². The SMILES string of the molecule is CS(=O)(=O)c1ccc(Br)cc1C(N)C(=O)O. The van der Waals surface area contributed by atoms with Crippen LogP contribution in [-0.2, 0) is 14.6 Å². The second-order valence-corrected chi connectivity index (χ2v) is 6.17. The maximum absolute atomic E-state index is 11.4. The van der Waals surface area contributed by atoms with Crippen LogP contribution < -0.4 is 5.73 Å². The molecule has 1 atom stereocenters. The number of rotatable bonds is 3. The van der Waals surface area contributed by atoms with Crippen molar-refractivity contribution in [3.05, 3.63) is 28.2 Å². The van der Waals surface area contributed by atoms with Gasteiger partial charge in [0.2, 0.25) is 0 Å². The molecule has 1 aromatic carbocycles. The van der Waals surface area contributed by atoms with Crippen LogP contribution in [0.5, 0.6) is 0 Å². The van der Waals surface area contributed by atoms with Crippen molar-refractivity contribution in [3.8, 4) is 0 Å². The lowest BCUT2D eigenvalue weighted by Gasteiger charge is -2.12. The molecule has 0 saturated heterocycles. The van der Waals surface area contributed by atoms with Gasteiger partial charge < -0.3 is 10.8 Å². The van der Waals surface area contributed by atoms with Crippen LogP contribution in [0.2, 0.25) is 0 Å². The number of sulfone groups is 1. The zero-order valence-corrected chi connectivity index (χ0v) is 10.7. The number of halogens is 1.